The van der Waals surface area contributed by atoms with E-state index in [1.807, 2.05) is 43.3 Å². The van der Waals surface area contributed by atoms with Crippen LogP contribution in [-0.4, -0.2) is 51.0 Å². The number of nitrogens with zero attached hydrogens (tertiary/aromatic N) is 3. The molecule has 2 amide bonds. The molecule has 2 unspecified atom stereocenters. The van der Waals surface area contributed by atoms with E-state index in [2.05, 4.69) is 16.0 Å². The smallest absolute Gasteiger partial charge is 0.330 e. The van der Waals surface area contributed by atoms with Gasteiger partial charge in [0.2, 0.25) is 11.8 Å². The Morgan fingerprint density at radius 2 is 1.95 bits per heavy atom. The highest BCUT2D eigenvalue weighted by Crippen LogP contribution is 2.42. The van der Waals surface area contributed by atoms with Crippen LogP contribution in [-0.2, 0) is 31.0 Å². The molecule has 2 aliphatic rings. The average molecular weight is 619 g/mol. The van der Waals surface area contributed by atoms with Gasteiger partial charge in [0.05, 0.1) is 18.2 Å². The van der Waals surface area contributed by atoms with Crippen molar-refractivity contribution in [3.05, 3.63) is 110 Å². The molecule has 0 bridgehead atoms. The lowest BCUT2D eigenvalue weighted by atomic mass is 9.79. The third kappa shape index (κ3) is 5.85. The summed E-state index contributed by atoms with van der Waals surface area (Å²) in [6.45, 7) is 3.01. The summed E-state index contributed by atoms with van der Waals surface area (Å²) in [6.07, 6.45) is 7.97. The molecule has 1 aliphatic carbocycles. The Bertz CT molecular complexity index is 1790. The molecule has 1 saturated heterocycles. The fourth-order valence-electron chi connectivity index (χ4n) is 5.67. The van der Waals surface area contributed by atoms with Gasteiger partial charge < -0.3 is 25.3 Å². The van der Waals surface area contributed by atoms with Gasteiger partial charge in [-0.1, -0.05) is 48.6 Å². The minimum Gasteiger partial charge on any atom is -0.481 e. The quantitative estimate of drug-likeness (QED) is 0.312. The number of hydrogen-bond donors (Lipinski definition) is 3. The van der Waals surface area contributed by atoms with E-state index in [0.717, 1.165) is 33.3 Å². The number of alkyl halides is 1. The summed E-state index contributed by atoms with van der Waals surface area (Å²) in [4.78, 5) is 55.5. The van der Waals surface area contributed by atoms with E-state index in [1.165, 1.54) is 32.0 Å². The number of benzene rings is 1. The van der Waals surface area contributed by atoms with Gasteiger partial charge in [-0.3, -0.25) is 19.0 Å². The summed E-state index contributed by atoms with van der Waals surface area (Å²) in [6, 6.07) is 11.5. The number of carbonyl (C=O) groups is 2. The SMILES string of the molecule is COc1nc(C2(NC(=O)c3cn(C)c(=O)n(C)c3=O)C=CC=C(c3ccccc3C)[C@@H]2Cl)ccc1CNCC1CCC(=O)N1. The van der Waals surface area contributed by atoms with Crippen molar-refractivity contribution in [3.63, 3.8) is 0 Å². The largest absolute Gasteiger partial charge is 0.481 e. The third-order valence-corrected chi connectivity index (χ3v) is 8.70. The number of allylic oxidation sites excluding steroid dienone is 2. The molecule has 0 radical (unpaired) electrons. The van der Waals surface area contributed by atoms with Gasteiger partial charge >= 0.3 is 5.69 Å². The van der Waals surface area contributed by atoms with Crippen LogP contribution in [0.4, 0.5) is 0 Å². The molecule has 1 aromatic carbocycles. The summed E-state index contributed by atoms with van der Waals surface area (Å²) in [7, 11) is 4.30. The van der Waals surface area contributed by atoms with Crippen LogP contribution in [0, 0.1) is 6.92 Å². The first kappa shape index (κ1) is 31.0. The van der Waals surface area contributed by atoms with Crippen molar-refractivity contribution in [1.29, 1.82) is 0 Å². The second kappa shape index (κ2) is 12.6. The van der Waals surface area contributed by atoms with Crippen molar-refractivity contribution in [2.45, 2.75) is 43.3 Å². The summed E-state index contributed by atoms with van der Waals surface area (Å²) in [5.41, 5.74) is 0.921. The first-order valence-electron chi connectivity index (χ1n) is 14.3. The second-order valence-electron chi connectivity index (χ2n) is 11.1. The van der Waals surface area contributed by atoms with Crippen molar-refractivity contribution in [2.24, 2.45) is 14.1 Å². The van der Waals surface area contributed by atoms with Gasteiger partial charge in [0, 0.05) is 51.4 Å². The number of pyridine rings is 1. The monoisotopic (exact) mass is 618 g/mol. The highest BCUT2D eigenvalue weighted by atomic mass is 35.5. The maximum Gasteiger partial charge on any atom is 0.330 e. The topological polar surface area (TPSA) is 136 Å². The van der Waals surface area contributed by atoms with Gasteiger partial charge in [-0.15, -0.1) is 11.6 Å². The lowest BCUT2D eigenvalue weighted by Gasteiger charge is -2.39. The molecular weight excluding hydrogens is 584 g/mol. The summed E-state index contributed by atoms with van der Waals surface area (Å²) < 4.78 is 7.74. The first-order chi connectivity index (χ1) is 21.1. The second-order valence-corrected chi connectivity index (χ2v) is 11.5. The fraction of sp³-hybridized carbons (Fsp3) is 0.344. The Hall–Kier alpha value is -4.48. The Balaban J connectivity index is 1.54. The standard InChI is InChI=1S/C32H35ClN6O5/c1-19-8-5-6-9-22(19)23-10-7-15-32(27(23)33,37-28(41)24-18-38(2)31(43)39(3)30(24)42)25-13-11-20(29(36-25)44-4)16-34-17-21-12-14-26(40)35-21/h5-11,13,15,18,21,27,34H,12,14,16-17H2,1-4H3,(H,35,40)(H,37,41)/t21?,27-,32?/m0/s1. The van der Waals surface area contributed by atoms with Gasteiger partial charge in [0.25, 0.3) is 11.5 Å². The predicted octanol–water partition coefficient (Wildman–Crippen LogP) is 2.05. The summed E-state index contributed by atoms with van der Waals surface area (Å²) >= 11 is 7.31. The molecule has 2 aromatic heterocycles. The molecule has 3 aromatic rings. The summed E-state index contributed by atoms with van der Waals surface area (Å²) in [5.74, 6) is -0.326. The molecule has 5 rings (SSSR count). The Labute approximate surface area is 259 Å². The van der Waals surface area contributed by atoms with Crippen LogP contribution in [0.5, 0.6) is 5.88 Å². The van der Waals surface area contributed by atoms with E-state index in [1.54, 1.807) is 18.2 Å². The van der Waals surface area contributed by atoms with Gasteiger partial charge in [-0.2, -0.15) is 0 Å². The van der Waals surface area contributed by atoms with E-state index in [4.69, 9.17) is 21.3 Å². The van der Waals surface area contributed by atoms with Crippen LogP contribution in [0.3, 0.4) is 0 Å². The first-order valence-corrected chi connectivity index (χ1v) is 14.7. The highest BCUT2D eigenvalue weighted by molar-refractivity contribution is 6.28. The van der Waals surface area contributed by atoms with E-state index in [9.17, 15) is 19.2 Å². The number of halogens is 1. The van der Waals surface area contributed by atoms with Crippen LogP contribution in [0.2, 0.25) is 0 Å². The minimum atomic E-state index is -1.40. The minimum absolute atomic E-state index is 0.0543. The number of aromatic nitrogens is 3. The van der Waals surface area contributed by atoms with Gasteiger partial charge in [-0.05, 0) is 36.1 Å². The number of nitrogens with one attached hydrogen (secondary N) is 3. The number of hydrogen-bond acceptors (Lipinski definition) is 7. The van der Waals surface area contributed by atoms with Crippen LogP contribution in [0.15, 0.2) is 70.4 Å². The number of carbonyl (C=O) groups excluding carboxylic acids is 2. The molecule has 3 heterocycles. The lowest BCUT2D eigenvalue weighted by Crippen LogP contribution is -2.54. The molecule has 230 valence electrons. The molecule has 0 saturated carbocycles. The maximum absolute atomic E-state index is 13.8. The molecular formula is C32H35ClN6O5. The molecule has 3 atom stereocenters. The Morgan fingerprint density at radius 1 is 1.18 bits per heavy atom. The van der Waals surface area contributed by atoms with E-state index >= 15 is 0 Å². The molecule has 1 aliphatic heterocycles. The van der Waals surface area contributed by atoms with E-state index in [0.29, 0.717) is 31.1 Å². The molecule has 11 nitrogen and oxygen atoms in total. The van der Waals surface area contributed by atoms with E-state index < -0.39 is 28.1 Å². The molecule has 0 spiro atoms. The van der Waals surface area contributed by atoms with Gasteiger partial charge in [-0.25, -0.2) is 9.78 Å². The Morgan fingerprint density at radius 3 is 2.66 bits per heavy atom. The highest BCUT2D eigenvalue weighted by Gasteiger charge is 2.45. The van der Waals surface area contributed by atoms with Crippen LogP contribution in [0.25, 0.3) is 5.57 Å². The number of methoxy groups -OCH3 is 1. The normalized spacial score (nSPS) is 21.1. The molecule has 3 N–H and O–H groups in total. The van der Waals surface area contributed by atoms with Crippen molar-refractivity contribution in [1.82, 2.24) is 30.1 Å². The Kier molecular flexibility index (Phi) is 8.89. The van der Waals surface area contributed by atoms with Gasteiger partial charge in [0.15, 0.2) is 0 Å². The summed E-state index contributed by atoms with van der Waals surface area (Å²) in [5, 5.41) is 8.44. The van der Waals surface area contributed by atoms with Crippen LogP contribution in [0.1, 0.15) is 45.6 Å². The molecule has 44 heavy (non-hydrogen) atoms. The zero-order chi connectivity index (χ0) is 31.6. The predicted molar refractivity (Wildman–Crippen MR) is 168 cm³/mol. The van der Waals surface area contributed by atoms with Crippen molar-refractivity contribution in [2.75, 3.05) is 13.7 Å². The number of rotatable bonds is 9. The van der Waals surface area contributed by atoms with Crippen LogP contribution < -0.4 is 31.9 Å². The molecule has 1 fully saturated rings. The zero-order valence-electron chi connectivity index (χ0n) is 25.0. The number of ether oxygens (including phenoxy) is 1. The van der Waals surface area contributed by atoms with Crippen molar-refractivity contribution in [3.8, 4) is 5.88 Å². The van der Waals surface area contributed by atoms with Gasteiger partial charge in [0.1, 0.15) is 11.1 Å². The van der Waals surface area contributed by atoms with Crippen molar-refractivity contribution >= 4 is 29.0 Å². The average Bonchev–Trinajstić information content (AvgIpc) is 3.44. The number of aryl methyl sites for hydroxylation is 2. The fourth-order valence-corrected chi connectivity index (χ4v) is 6.10. The maximum atomic E-state index is 13.8. The molecule has 12 heteroatoms. The lowest BCUT2D eigenvalue weighted by molar-refractivity contribution is -0.119. The number of amides is 2. The van der Waals surface area contributed by atoms with Crippen molar-refractivity contribution < 1.29 is 14.3 Å². The zero-order valence-corrected chi connectivity index (χ0v) is 25.8. The third-order valence-electron chi connectivity index (χ3n) is 8.12. The van der Waals surface area contributed by atoms with Crippen LogP contribution >= 0.6 is 11.6 Å². The van der Waals surface area contributed by atoms with E-state index in [-0.39, 0.29) is 17.5 Å².